The van der Waals surface area contributed by atoms with E-state index < -0.39 is 5.28 Å². The van der Waals surface area contributed by atoms with Gasteiger partial charge in [-0.3, -0.25) is 4.79 Å². The summed E-state index contributed by atoms with van der Waals surface area (Å²) in [5.74, 6) is -0.113. The van der Waals surface area contributed by atoms with Crippen molar-refractivity contribution in [3.8, 4) is 0 Å². The summed E-state index contributed by atoms with van der Waals surface area (Å²) in [6.45, 7) is 2.98. The summed E-state index contributed by atoms with van der Waals surface area (Å²) in [7, 11) is 2.20. The van der Waals surface area contributed by atoms with Crippen molar-refractivity contribution in [3.05, 3.63) is 0 Å². The number of nitrogens with zero attached hydrogens (tertiary/aromatic N) is 1. The summed E-state index contributed by atoms with van der Waals surface area (Å²) in [6, 6.07) is 0. The summed E-state index contributed by atoms with van der Waals surface area (Å²) in [5.41, 5.74) is 6.52. The number of nitrogens with one attached hydrogen (secondary N) is 1. The normalized spacial score (nSPS) is 16.9. The molecule has 0 aliphatic rings. The van der Waals surface area contributed by atoms with Crippen LogP contribution in [0.15, 0.2) is 5.11 Å². The van der Waals surface area contributed by atoms with E-state index in [1.807, 2.05) is 0 Å². The van der Waals surface area contributed by atoms with Crippen molar-refractivity contribution in [2.24, 2.45) is 5.11 Å². The molecule has 0 heterocycles. The second-order valence-electron chi connectivity index (χ2n) is 1.82. The maximum Gasteiger partial charge on any atom is 0.162 e. The lowest BCUT2D eigenvalue weighted by atomic mass is 10.2. The highest BCUT2D eigenvalue weighted by Gasteiger charge is 2.21. The molecule has 2 unspecified atom stereocenters. The quantitative estimate of drug-likeness (QED) is 0.445. The molecule has 1 N–H and O–H groups in total. The molecule has 0 aromatic carbocycles. The van der Waals surface area contributed by atoms with Crippen molar-refractivity contribution in [1.29, 1.82) is 5.53 Å². The molecular weight excluding hydrogens is 123 g/mol. The van der Waals surface area contributed by atoms with Gasteiger partial charge in [-0.1, -0.05) is 9.24 Å². The molecule has 3 nitrogen and oxygen atoms in total. The Morgan fingerprint density at radius 3 is 2.25 bits per heavy atom. The topological polar surface area (TPSA) is 53.3 Å². The highest BCUT2D eigenvalue weighted by Crippen LogP contribution is 2.18. The summed E-state index contributed by atoms with van der Waals surface area (Å²) in [6.07, 6.45) is 0. The maximum atomic E-state index is 10.5. The minimum absolute atomic E-state index is 0.113. The minimum atomic E-state index is -0.889. The van der Waals surface area contributed by atoms with Gasteiger partial charge in [-0.05, 0) is 13.8 Å². The van der Waals surface area contributed by atoms with Crippen LogP contribution in [0.5, 0.6) is 0 Å². The van der Waals surface area contributed by atoms with E-state index in [0.717, 1.165) is 0 Å². The van der Waals surface area contributed by atoms with Crippen LogP contribution in [0.4, 0.5) is 0 Å². The Balaban J connectivity index is 4.12. The van der Waals surface area contributed by atoms with Crippen LogP contribution >= 0.6 is 9.24 Å². The smallest absolute Gasteiger partial charge is 0.162 e. The molecule has 46 valence electrons. The van der Waals surface area contributed by atoms with Crippen LogP contribution in [0.1, 0.15) is 13.8 Å². The van der Waals surface area contributed by atoms with Crippen LogP contribution in [-0.4, -0.2) is 11.1 Å². The van der Waals surface area contributed by atoms with Gasteiger partial charge in [-0.25, -0.2) is 5.53 Å². The standard InChI is InChI=1S/C4H9N2OP/c1-3(7)4(2,8)6-5/h5H,8H2,1-2H3. The van der Waals surface area contributed by atoms with Crippen molar-refractivity contribution in [2.75, 3.05) is 0 Å². The minimum Gasteiger partial charge on any atom is -0.297 e. The van der Waals surface area contributed by atoms with Gasteiger partial charge in [0.1, 0.15) is 5.28 Å². The molecule has 0 spiro atoms. The van der Waals surface area contributed by atoms with Crippen molar-refractivity contribution < 1.29 is 4.79 Å². The summed E-state index contributed by atoms with van der Waals surface area (Å²) >= 11 is 0. The third-order valence-corrected chi connectivity index (χ3v) is 1.48. The summed E-state index contributed by atoms with van der Waals surface area (Å²) in [4.78, 5) is 10.5. The predicted octanol–water partition coefficient (Wildman–Crippen LogP) is 1.20. The van der Waals surface area contributed by atoms with Crippen LogP contribution in [0, 0.1) is 5.53 Å². The monoisotopic (exact) mass is 132 g/mol. The van der Waals surface area contributed by atoms with Gasteiger partial charge in [-0.15, -0.1) is 0 Å². The van der Waals surface area contributed by atoms with Gasteiger partial charge in [0.2, 0.25) is 0 Å². The van der Waals surface area contributed by atoms with Crippen LogP contribution in [-0.2, 0) is 4.79 Å². The van der Waals surface area contributed by atoms with Gasteiger partial charge in [0.15, 0.2) is 5.78 Å². The van der Waals surface area contributed by atoms with E-state index >= 15 is 0 Å². The fourth-order valence-electron chi connectivity index (χ4n) is 0.0787. The molecule has 0 aromatic heterocycles. The van der Waals surface area contributed by atoms with E-state index in [1.54, 1.807) is 6.92 Å². The number of rotatable bonds is 2. The number of carbonyl (C=O) groups excluding carboxylic acids is 1. The van der Waals surface area contributed by atoms with Crippen LogP contribution in [0.3, 0.4) is 0 Å². The maximum absolute atomic E-state index is 10.5. The molecule has 0 amide bonds. The number of Topliss-reactive ketones (excluding diaryl/α,β-unsaturated/α-hetero) is 1. The second kappa shape index (κ2) is 2.31. The summed E-state index contributed by atoms with van der Waals surface area (Å²) in [5, 5.41) is 2.19. The van der Waals surface area contributed by atoms with Crippen LogP contribution in [0.2, 0.25) is 0 Å². The Morgan fingerprint density at radius 2 is 2.25 bits per heavy atom. The first-order valence-corrected chi connectivity index (χ1v) is 2.77. The van der Waals surface area contributed by atoms with Crippen molar-refractivity contribution in [2.45, 2.75) is 19.1 Å². The van der Waals surface area contributed by atoms with Gasteiger partial charge in [0.05, 0.1) is 0 Å². The van der Waals surface area contributed by atoms with E-state index in [4.69, 9.17) is 5.53 Å². The number of hydrogen-bond donors (Lipinski definition) is 1. The molecule has 0 aliphatic carbocycles. The zero-order valence-electron chi connectivity index (χ0n) is 4.93. The Kier molecular flexibility index (Phi) is 2.23. The van der Waals surface area contributed by atoms with Crippen molar-refractivity contribution in [1.82, 2.24) is 0 Å². The van der Waals surface area contributed by atoms with Gasteiger partial charge < -0.3 is 0 Å². The molecule has 0 rings (SSSR count). The largest absolute Gasteiger partial charge is 0.297 e. The lowest BCUT2D eigenvalue weighted by Crippen LogP contribution is -2.21. The molecule has 4 heteroatoms. The number of hydrogen-bond acceptors (Lipinski definition) is 3. The third kappa shape index (κ3) is 1.66. The van der Waals surface area contributed by atoms with E-state index in [-0.39, 0.29) is 5.78 Å². The molecule has 0 bridgehead atoms. The van der Waals surface area contributed by atoms with E-state index in [0.29, 0.717) is 0 Å². The van der Waals surface area contributed by atoms with Gasteiger partial charge >= 0.3 is 0 Å². The zero-order valence-corrected chi connectivity index (χ0v) is 6.09. The molecule has 0 aliphatic heterocycles. The fraction of sp³-hybridized carbons (Fsp3) is 0.750. The van der Waals surface area contributed by atoms with Gasteiger partial charge in [0, 0.05) is 0 Å². The molecule has 0 saturated carbocycles. The van der Waals surface area contributed by atoms with Gasteiger partial charge in [0.25, 0.3) is 0 Å². The Hall–Kier alpha value is -0.300. The first-order valence-electron chi connectivity index (χ1n) is 2.19. The number of ketones is 1. The first kappa shape index (κ1) is 7.70. The lowest BCUT2D eigenvalue weighted by Gasteiger charge is -2.10. The second-order valence-corrected chi connectivity index (χ2v) is 2.94. The fourth-order valence-corrected chi connectivity index (χ4v) is 0.0787. The van der Waals surface area contributed by atoms with E-state index in [9.17, 15) is 4.79 Å². The molecule has 0 radical (unpaired) electrons. The molecule has 8 heavy (non-hydrogen) atoms. The number of carbonyl (C=O) groups is 1. The molecule has 0 fully saturated rings. The van der Waals surface area contributed by atoms with Crippen molar-refractivity contribution in [3.63, 3.8) is 0 Å². The SMILES string of the molecule is CC(=O)C(C)(P)N=N. The van der Waals surface area contributed by atoms with Crippen molar-refractivity contribution >= 4 is 15.0 Å². The van der Waals surface area contributed by atoms with E-state index in [2.05, 4.69) is 14.4 Å². The molecule has 0 saturated heterocycles. The average molecular weight is 132 g/mol. The summed E-state index contributed by atoms with van der Waals surface area (Å²) < 4.78 is 0. The van der Waals surface area contributed by atoms with Crippen LogP contribution < -0.4 is 0 Å². The predicted molar refractivity (Wildman–Crippen MR) is 33.9 cm³/mol. The molecule has 2 atom stereocenters. The van der Waals surface area contributed by atoms with Crippen LogP contribution in [0.25, 0.3) is 0 Å². The average Bonchev–Trinajstić information content (AvgIpc) is 1.67. The van der Waals surface area contributed by atoms with Gasteiger partial charge in [-0.2, -0.15) is 5.11 Å². The molecule has 0 aromatic rings. The highest BCUT2D eigenvalue weighted by atomic mass is 31.0. The Bertz CT molecular complexity index is 121. The lowest BCUT2D eigenvalue weighted by molar-refractivity contribution is -0.118. The first-order chi connectivity index (χ1) is 3.50. The zero-order chi connectivity index (χ0) is 6.78. The van der Waals surface area contributed by atoms with E-state index in [1.165, 1.54) is 6.92 Å². The molecular formula is C4H9N2OP. The highest BCUT2D eigenvalue weighted by molar-refractivity contribution is 7.20. The third-order valence-electron chi connectivity index (χ3n) is 0.945. The Labute approximate surface area is 50.6 Å². The Morgan fingerprint density at radius 1 is 1.88 bits per heavy atom.